The average molecular weight is 250 g/mol. The largest absolute Gasteiger partial charge is 0.341 e. The molecule has 2 rings (SSSR count). The van der Waals surface area contributed by atoms with Crippen LogP contribution >= 0.6 is 0 Å². The topological polar surface area (TPSA) is 58.4 Å². The number of nitrogens with zero attached hydrogens (tertiary/aromatic N) is 4. The van der Waals surface area contributed by atoms with Gasteiger partial charge in [-0.15, -0.1) is 0 Å². The summed E-state index contributed by atoms with van der Waals surface area (Å²) in [5.74, 6) is -0.150. The number of carbonyl (C=O) groups excluding carboxylic acids is 2. The van der Waals surface area contributed by atoms with E-state index in [9.17, 15) is 9.59 Å². The number of amides is 2. The predicted molar refractivity (Wildman–Crippen MR) is 66.0 cm³/mol. The highest BCUT2D eigenvalue weighted by Crippen LogP contribution is 2.08. The van der Waals surface area contributed by atoms with Crippen molar-refractivity contribution in [2.24, 2.45) is 7.05 Å². The van der Waals surface area contributed by atoms with Crippen LogP contribution in [0.3, 0.4) is 0 Å². The van der Waals surface area contributed by atoms with Crippen molar-refractivity contribution in [3.05, 3.63) is 18.0 Å². The molecule has 1 aromatic rings. The molecule has 1 saturated heterocycles. The molecular weight excluding hydrogens is 232 g/mol. The summed E-state index contributed by atoms with van der Waals surface area (Å²) < 4.78 is 1.57. The summed E-state index contributed by atoms with van der Waals surface area (Å²) in [4.78, 5) is 27.2. The molecule has 2 heterocycles. The van der Waals surface area contributed by atoms with E-state index in [2.05, 4.69) is 5.10 Å². The summed E-state index contributed by atoms with van der Waals surface area (Å²) in [5, 5.41) is 3.95. The first-order chi connectivity index (χ1) is 8.58. The lowest BCUT2D eigenvalue weighted by Crippen LogP contribution is -2.39. The van der Waals surface area contributed by atoms with Crippen molar-refractivity contribution < 1.29 is 9.59 Å². The Morgan fingerprint density at radius 1 is 1.39 bits per heavy atom. The van der Waals surface area contributed by atoms with Crippen LogP contribution in [-0.2, 0) is 11.8 Å². The molecule has 0 saturated carbocycles. The van der Waals surface area contributed by atoms with E-state index >= 15 is 0 Å². The van der Waals surface area contributed by atoms with Gasteiger partial charge in [0.25, 0.3) is 5.91 Å². The second-order valence-corrected chi connectivity index (χ2v) is 4.65. The highest BCUT2D eigenvalue weighted by molar-refractivity contribution is 5.95. The monoisotopic (exact) mass is 250 g/mol. The van der Waals surface area contributed by atoms with E-state index in [-0.39, 0.29) is 18.4 Å². The van der Waals surface area contributed by atoms with Crippen molar-refractivity contribution >= 4 is 11.8 Å². The Morgan fingerprint density at radius 3 is 2.61 bits per heavy atom. The van der Waals surface area contributed by atoms with Gasteiger partial charge in [0.05, 0.1) is 18.3 Å². The average Bonchev–Trinajstić information content (AvgIpc) is 2.98. The molecule has 6 heteroatoms. The van der Waals surface area contributed by atoms with Crippen LogP contribution < -0.4 is 0 Å². The van der Waals surface area contributed by atoms with Crippen LogP contribution in [0.5, 0.6) is 0 Å². The Morgan fingerprint density at radius 2 is 2.06 bits per heavy atom. The molecule has 0 N–H and O–H groups in total. The van der Waals surface area contributed by atoms with E-state index in [1.165, 1.54) is 11.1 Å². The molecule has 1 aliphatic rings. The zero-order valence-electron chi connectivity index (χ0n) is 10.8. The molecule has 0 unspecified atom stereocenters. The lowest BCUT2D eigenvalue weighted by atomic mass is 10.3. The molecular formula is C12H18N4O2. The van der Waals surface area contributed by atoms with Crippen molar-refractivity contribution in [2.45, 2.75) is 12.8 Å². The summed E-state index contributed by atoms with van der Waals surface area (Å²) in [6.07, 6.45) is 5.29. The fourth-order valence-electron chi connectivity index (χ4n) is 2.09. The molecule has 0 spiro atoms. The maximum absolute atomic E-state index is 12.0. The first-order valence-electron chi connectivity index (χ1n) is 6.10. The predicted octanol–water partition coefficient (Wildman–Crippen LogP) is 0.115. The molecule has 98 valence electrons. The van der Waals surface area contributed by atoms with E-state index in [4.69, 9.17) is 0 Å². The first kappa shape index (κ1) is 12.6. The van der Waals surface area contributed by atoms with Gasteiger partial charge in [-0.1, -0.05) is 0 Å². The van der Waals surface area contributed by atoms with Crippen LogP contribution in [0.2, 0.25) is 0 Å². The van der Waals surface area contributed by atoms with Gasteiger partial charge in [-0.3, -0.25) is 14.3 Å². The van der Waals surface area contributed by atoms with Gasteiger partial charge >= 0.3 is 0 Å². The van der Waals surface area contributed by atoms with Crippen molar-refractivity contribution in [1.29, 1.82) is 0 Å². The van der Waals surface area contributed by atoms with Gasteiger partial charge in [0.2, 0.25) is 5.91 Å². The Bertz CT molecular complexity index is 449. The lowest BCUT2D eigenvalue weighted by Gasteiger charge is -2.20. The van der Waals surface area contributed by atoms with E-state index < -0.39 is 0 Å². The van der Waals surface area contributed by atoms with Crippen LogP contribution in [-0.4, -0.2) is 58.1 Å². The Kier molecular flexibility index (Phi) is 3.64. The standard InChI is InChI=1S/C12H18N4O2/c1-14(9-11(17)16-5-3-4-6-16)12(18)10-7-13-15(2)8-10/h7-8H,3-6,9H2,1-2H3. The number of aromatic nitrogens is 2. The van der Waals surface area contributed by atoms with Crippen molar-refractivity contribution in [3.63, 3.8) is 0 Å². The van der Waals surface area contributed by atoms with E-state index in [0.29, 0.717) is 5.56 Å². The Balaban J connectivity index is 1.92. The highest BCUT2D eigenvalue weighted by Gasteiger charge is 2.22. The number of carbonyl (C=O) groups is 2. The minimum absolute atomic E-state index is 0.0206. The molecule has 0 bridgehead atoms. The maximum Gasteiger partial charge on any atom is 0.257 e. The maximum atomic E-state index is 12.0. The minimum Gasteiger partial charge on any atom is -0.341 e. The van der Waals surface area contributed by atoms with Crippen molar-refractivity contribution in [2.75, 3.05) is 26.7 Å². The molecule has 0 atom stereocenters. The van der Waals surface area contributed by atoms with Crippen LogP contribution in [0.4, 0.5) is 0 Å². The van der Waals surface area contributed by atoms with Gasteiger partial charge < -0.3 is 9.80 Å². The van der Waals surface area contributed by atoms with Gasteiger partial charge in [-0.05, 0) is 12.8 Å². The number of likely N-dealkylation sites (tertiary alicyclic amines) is 1. The summed E-state index contributed by atoms with van der Waals surface area (Å²) in [7, 11) is 3.40. The molecule has 0 radical (unpaired) electrons. The van der Waals surface area contributed by atoms with Gasteiger partial charge in [0.1, 0.15) is 0 Å². The van der Waals surface area contributed by atoms with E-state index in [1.807, 2.05) is 4.90 Å². The molecule has 2 amide bonds. The zero-order chi connectivity index (χ0) is 13.1. The molecule has 18 heavy (non-hydrogen) atoms. The van der Waals surface area contributed by atoms with E-state index in [1.54, 1.807) is 25.0 Å². The highest BCUT2D eigenvalue weighted by atomic mass is 16.2. The number of hydrogen-bond acceptors (Lipinski definition) is 3. The van der Waals surface area contributed by atoms with E-state index in [0.717, 1.165) is 25.9 Å². The third-order valence-electron chi connectivity index (χ3n) is 3.13. The van der Waals surface area contributed by atoms with Crippen LogP contribution in [0, 0.1) is 0 Å². The zero-order valence-corrected chi connectivity index (χ0v) is 10.8. The van der Waals surface area contributed by atoms with Crippen LogP contribution in [0.25, 0.3) is 0 Å². The Hall–Kier alpha value is -1.85. The molecule has 1 aromatic heterocycles. The summed E-state index contributed by atoms with van der Waals surface area (Å²) in [5.41, 5.74) is 0.509. The second kappa shape index (κ2) is 5.20. The first-order valence-corrected chi connectivity index (χ1v) is 6.10. The van der Waals surface area contributed by atoms with Crippen LogP contribution in [0.15, 0.2) is 12.4 Å². The normalized spacial score (nSPS) is 14.9. The molecule has 1 aliphatic heterocycles. The van der Waals surface area contributed by atoms with Gasteiger partial charge in [-0.2, -0.15) is 5.10 Å². The van der Waals surface area contributed by atoms with Gasteiger partial charge in [0.15, 0.2) is 0 Å². The third kappa shape index (κ3) is 2.69. The summed E-state index contributed by atoms with van der Waals surface area (Å²) in [6.45, 7) is 1.76. The number of hydrogen-bond donors (Lipinski definition) is 0. The molecule has 1 fully saturated rings. The number of rotatable bonds is 3. The number of aryl methyl sites for hydroxylation is 1. The Labute approximate surface area is 106 Å². The quantitative estimate of drug-likeness (QED) is 0.765. The lowest BCUT2D eigenvalue weighted by molar-refractivity contribution is -0.130. The number of likely N-dealkylation sites (N-methyl/N-ethyl adjacent to an activating group) is 1. The van der Waals surface area contributed by atoms with Gasteiger partial charge in [-0.25, -0.2) is 0 Å². The fourth-order valence-corrected chi connectivity index (χ4v) is 2.09. The summed E-state index contributed by atoms with van der Waals surface area (Å²) in [6, 6.07) is 0. The van der Waals surface area contributed by atoms with Crippen LogP contribution in [0.1, 0.15) is 23.2 Å². The minimum atomic E-state index is -0.171. The fraction of sp³-hybridized carbons (Fsp3) is 0.583. The smallest absolute Gasteiger partial charge is 0.257 e. The molecule has 6 nitrogen and oxygen atoms in total. The molecule has 0 aromatic carbocycles. The molecule has 0 aliphatic carbocycles. The SMILES string of the molecule is CN(CC(=O)N1CCCC1)C(=O)c1cnn(C)c1. The summed E-state index contributed by atoms with van der Waals surface area (Å²) >= 11 is 0. The second-order valence-electron chi connectivity index (χ2n) is 4.65. The third-order valence-corrected chi connectivity index (χ3v) is 3.13. The van der Waals surface area contributed by atoms with Crippen molar-refractivity contribution in [3.8, 4) is 0 Å². The van der Waals surface area contributed by atoms with Gasteiger partial charge in [0, 0.05) is 33.4 Å². The van der Waals surface area contributed by atoms with Crippen molar-refractivity contribution in [1.82, 2.24) is 19.6 Å².